The second-order valence-corrected chi connectivity index (χ2v) is 7.10. The van der Waals surface area contributed by atoms with E-state index in [9.17, 15) is 8.42 Å². The lowest BCUT2D eigenvalue weighted by Gasteiger charge is -2.06. The van der Waals surface area contributed by atoms with E-state index < -0.39 is 9.05 Å². The number of hydrogen-bond acceptors (Lipinski definition) is 6. The number of hydrogen-bond donors (Lipinski definition) is 0. The number of ether oxygens (including phenoxy) is 1. The largest absolute Gasteiger partial charge is 0.496 e. The minimum atomic E-state index is -3.82. The average Bonchev–Trinajstić information content (AvgIpc) is 3.15. The molecule has 0 bridgehead atoms. The summed E-state index contributed by atoms with van der Waals surface area (Å²) in [5.41, 5.74) is 0.435. The van der Waals surface area contributed by atoms with Crippen molar-refractivity contribution in [2.75, 3.05) is 7.11 Å². The molecule has 0 unspecified atom stereocenters. The lowest BCUT2D eigenvalue weighted by Crippen LogP contribution is -1.95. The first-order chi connectivity index (χ1) is 9.49. The lowest BCUT2D eigenvalue weighted by molar-refractivity contribution is 0.379. The minimum absolute atomic E-state index is 0.0345. The van der Waals surface area contributed by atoms with Crippen molar-refractivity contribution in [1.29, 1.82) is 0 Å². The monoisotopic (exact) mass is 314 g/mol. The van der Waals surface area contributed by atoms with Gasteiger partial charge in [0.25, 0.3) is 9.05 Å². The van der Waals surface area contributed by atoms with E-state index in [4.69, 9.17) is 19.9 Å². The molecule has 0 aliphatic heterocycles. The molecule has 1 aliphatic rings. The van der Waals surface area contributed by atoms with Crippen molar-refractivity contribution in [2.24, 2.45) is 0 Å². The average molecular weight is 315 g/mol. The maximum absolute atomic E-state index is 11.4. The first kappa shape index (κ1) is 13.4. The zero-order valence-corrected chi connectivity index (χ0v) is 12.1. The summed E-state index contributed by atoms with van der Waals surface area (Å²) < 4.78 is 33.2. The molecule has 1 heterocycles. The van der Waals surface area contributed by atoms with E-state index in [2.05, 4.69) is 10.1 Å². The molecule has 0 N–H and O–H groups in total. The Bertz CT molecular complexity index is 753. The van der Waals surface area contributed by atoms with Gasteiger partial charge < -0.3 is 9.26 Å². The van der Waals surface area contributed by atoms with Crippen LogP contribution in [0, 0.1) is 0 Å². The van der Waals surface area contributed by atoms with Crippen LogP contribution >= 0.6 is 10.7 Å². The van der Waals surface area contributed by atoms with Crippen LogP contribution in [0.4, 0.5) is 0 Å². The van der Waals surface area contributed by atoms with Gasteiger partial charge in [0.15, 0.2) is 0 Å². The van der Waals surface area contributed by atoms with Gasteiger partial charge in [-0.25, -0.2) is 8.42 Å². The molecule has 1 aromatic carbocycles. The number of nitrogens with zero attached hydrogens (tertiary/aromatic N) is 2. The minimum Gasteiger partial charge on any atom is -0.496 e. The number of rotatable bonds is 4. The van der Waals surface area contributed by atoms with E-state index in [1.54, 1.807) is 0 Å². The van der Waals surface area contributed by atoms with Crippen LogP contribution in [-0.4, -0.2) is 25.7 Å². The third-order valence-corrected chi connectivity index (χ3v) is 4.41. The molecule has 20 heavy (non-hydrogen) atoms. The summed E-state index contributed by atoms with van der Waals surface area (Å²) in [6.45, 7) is 0. The smallest absolute Gasteiger partial charge is 0.261 e. The molecule has 3 rings (SSSR count). The molecule has 106 valence electrons. The van der Waals surface area contributed by atoms with Gasteiger partial charge in [0.2, 0.25) is 11.7 Å². The fourth-order valence-electron chi connectivity index (χ4n) is 1.85. The second-order valence-electron chi connectivity index (χ2n) is 4.53. The van der Waals surface area contributed by atoms with Crippen LogP contribution in [-0.2, 0) is 9.05 Å². The molecule has 6 nitrogen and oxygen atoms in total. The lowest BCUT2D eigenvalue weighted by atomic mass is 10.2. The Hall–Kier alpha value is -1.60. The first-order valence-corrected chi connectivity index (χ1v) is 8.26. The number of methoxy groups -OCH3 is 1. The molecule has 1 saturated carbocycles. The van der Waals surface area contributed by atoms with Crippen molar-refractivity contribution in [2.45, 2.75) is 23.7 Å². The highest BCUT2D eigenvalue weighted by Crippen LogP contribution is 2.40. The summed E-state index contributed by atoms with van der Waals surface area (Å²) in [5.74, 6) is 1.64. The van der Waals surface area contributed by atoms with Crippen molar-refractivity contribution in [3.63, 3.8) is 0 Å². The number of benzene rings is 1. The first-order valence-electron chi connectivity index (χ1n) is 5.95. The van der Waals surface area contributed by atoms with E-state index in [1.807, 2.05) is 0 Å². The van der Waals surface area contributed by atoms with Crippen LogP contribution in [0.25, 0.3) is 11.4 Å². The van der Waals surface area contributed by atoms with Gasteiger partial charge in [-0.05, 0) is 31.0 Å². The highest BCUT2D eigenvalue weighted by Gasteiger charge is 2.30. The van der Waals surface area contributed by atoms with Crippen molar-refractivity contribution in [3.05, 3.63) is 24.1 Å². The quantitative estimate of drug-likeness (QED) is 0.807. The van der Waals surface area contributed by atoms with Gasteiger partial charge in [-0.1, -0.05) is 5.16 Å². The molecule has 0 spiro atoms. The van der Waals surface area contributed by atoms with Crippen LogP contribution in [0.15, 0.2) is 27.6 Å². The zero-order chi connectivity index (χ0) is 14.3. The van der Waals surface area contributed by atoms with Gasteiger partial charge in [-0.2, -0.15) is 4.98 Å². The van der Waals surface area contributed by atoms with E-state index in [-0.39, 0.29) is 4.90 Å². The molecule has 1 fully saturated rings. The fourth-order valence-corrected chi connectivity index (χ4v) is 2.63. The fraction of sp³-hybridized carbons (Fsp3) is 0.333. The van der Waals surface area contributed by atoms with Crippen molar-refractivity contribution in [3.8, 4) is 17.1 Å². The van der Waals surface area contributed by atoms with E-state index in [0.717, 1.165) is 12.8 Å². The van der Waals surface area contributed by atoms with E-state index in [1.165, 1.54) is 25.3 Å². The topological polar surface area (TPSA) is 82.3 Å². The van der Waals surface area contributed by atoms with Crippen LogP contribution < -0.4 is 4.74 Å². The van der Waals surface area contributed by atoms with Crippen molar-refractivity contribution in [1.82, 2.24) is 10.1 Å². The molecule has 8 heteroatoms. The normalized spacial score (nSPS) is 15.3. The summed E-state index contributed by atoms with van der Waals surface area (Å²) in [6, 6.07) is 4.26. The number of aromatic nitrogens is 2. The molecule has 0 saturated heterocycles. The van der Waals surface area contributed by atoms with Gasteiger partial charge in [0.1, 0.15) is 5.75 Å². The third-order valence-electron chi connectivity index (χ3n) is 3.06. The Kier molecular flexibility index (Phi) is 3.18. The van der Waals surface area contributed by atoms with Crippen LogP contribution in [0.1, 0.15) is 24.7 Å². The Morgan fingerprint density at radius 3 is 2.75 bits per heavy atom. The molecular weight excluding hydrogens is 304 g/mol. The van der Waals surface area contributed by atoms with Gasteiger partial charge in [0.05, 0.1) is 17.6 Å². The summed E-state index contributed by atoms with van der Waals surface area (Å²) in [5, 5.41) is 3.88. The van der Waals surface area contributed by atoms with Crippen LogP contribution in [0.3, 0.4) is 0 Å². The maximum Gasteiger partial charge on any atom is 0.261 e. The zero-order valence-electron chi connectivity index (χ0n) is 10.5. The van der Waals surface area contributed by atoms with E-state index >= 15 is 0 Å². The summed E-state index contributed by atoms with van der Waals surface area (Å²) in [4.78, 5) is 4.24. The molecule has 1 aromatic heterocycles. The SMILES string of the molecule is COc1ccc(S(=O)(=O)Cl)cc1-c1noc(C2CC2)n1. The Morgan fingerprint density at radius 2 is 2.15 bits per heavy atom. The van der Waals surface area contributed by atoms with Gasteiger partial charge in [0, 0.05) is 16.6 Å². The highest BCUT2D eigenvalue weighted by molar-refractivity contribution is 8.13. The number of halogens is 1. The second kappa shape index (κ2) is 4.75. The van der Waals surface area contributed by atoms with Crippen molar-refractivity contribution < 1.29 is 17.7 Å². The highest BCUT2D eigenvalue weighted by atomic mass is 35.7. The predicted octanol–water partition coefficient (Wildman–Crippen LogP) is 2.55. The van der Waals surface area contributed by atoms with Crippen molar-refractivity contribution >= 4 is 19.7 Å². The van der Waals surface area contributed by atoms with E-state index in [0.29, 0.717) is 28.9 Å². The van der Waals surface area contributed by atoms with Gasteiger partial charge in [-0.3, -0.25) is 0 Å². The van der Waals surface area contributed by atoms with Crippen LogP contribution in [0.2, 0.25) is 0 Å². The van der Waals surface area contributed by atoms with Gasteiger partial charge in [-0.15, -0.1) is 0 Å². The van der Waals surface area contributed by atoms with Gasteiger partial charge >= 0.3 is 0 Å². The Balaban J connectivity index is 2.09. The predicted molar refractivity (Wildman–Crippen MR) is 71.3 cm³/mol. The Labute approximate surface area is 120 Å². The molecule has 2 aromatic rings. The van der Waals surface area contributed by atoms with Crippen LogP contribution in [0.5, 0.6) is 5.75 Å². The summed E-state index contributed by atoms with van der Waals surface area (Å²) >= 11 is 0. The maximum atomic E-state index is 11.4. The third kappa shape index (κ3) is 2.51. The molecule has 0 amide bonds. The summed E-state index contributed by atoms with van der Waals surface area (Å²) in [6.07, 6.45) is 2.07. The molecule has 1 aliphatic carbocycles. The molecule has 0 atom stereocenters. The molecular formula is C12H11ClN2O4S. The standard InChI is InChI=1S/C12H11ClN2O4S/c1-18-10-5-4-8(20(13,16)17)6-9(10)11-14-12(19-15-11)7-2-3-7/h4-7H,2-3H2,1H3. The summed E-state index contributed by atoms with van der Waals surface area (Å²) in [7, 11) is 3.00. The Morgan fingerprint density at radius 1 is 1.40 bits per heavy atom. The molecule has 0 radical (unpaired) electrons.